The number of hydrogen-bond acceptors (Lipinski definition) is 2. The van der Waals surface area contributed by atoms with Crippen LogP contribution in [-0.4, -0.2) is 6.54 Å². The molecule has 0 atom stereocenters. The molecule has 0 aliphatic carbocycles. The summed E-state index contributed by atoms with van der Waals surface area (Å²) in [5, 5.41) is 3.21. The molecular formula is C16H16BrF2NO. The molecule has 0 unspecified atom stereocenters. The van der Waals surface area contributed by atoms with E-state index in [9.17, 15) is 8.78 Å². The summed E-state index contributed by atoms with van der Waals surface area (Å²) in [5.74, 6) is -0.650. The van der Waals surface area contributed by atoms with Gasteiger partial charge in [-0.25, -0.2) is 8.78 Å². The predicted octanol–water partition coefficient (Wildman–Crippen LogP) is 4.42. The van der Waals surface area contributed by atoms with Gasteiger partial charge in [-0.1, -0.05) is 19.1 Å². The Kier molecular flexibility index (Phi) is 5.70. The Bertz CT molecular complexity index is 619. The van der Waals surface area contributed by atoms with E-state index in [2.05, 4.69) is 21.2 Å². The van der Waals surface area contributed by atoms with E-state index in [-0.39, 0.29) is 16.6 Å². The van der Waals surface area contributed by atoms with Crippen LogP contribution >= 0.6 is 15.9 Å². The van der Waals surface area contributed by atoms with E-state index in [0.29, 0.717) is 5.75 Å². The zero-order valence-electron chi connectivity index (χ0n) is 11.6. The van der Waals surface area contributed by atoms with Gasteiger partial charge in [0.25, 0.3) is 0 Å². The summed E-state index contributed by atoms with van der Waals surface area (Å²) in [5.41, 5.74) is 0.978. The summed E-state index contributed by atoms with van der Waals surface area (Å²) >= 11 is 3.04. The summed E-state index contributed by atoms with van der Waals surface area (Å²) in [6.45, 7) is 3.48. The van der Waals surface area contributed by atoms with Crippen LogP contribution in [0.2, 0.25) is 0 Å². The van der Waals surface area contributed by atoms with Crippen LogP contribution in [0.4, 0.5) is 8.78 Å². The molecular weight excluding hydrogens is 340 g/mol. The Balaban J connectivity index is 2.08. The second kappa shape index (κ2) is 7.52. The highest BCUT2D eigenvalue weighted by atomic mass is 79.9. The normalized spacial score (nSPS) is 10.7. The Morgan fingerprint density at radius 1 is 1.19 bits per heavy atom. The number of benzene rings is 2. The quantitative estimate of drug-likeness (QED) is 0.774. The number of hydrogen-bond donors (Lipinski definition) is 1. The minimum absolute atomic E-state index is 0.0820. The van der Waals surface area contributed by atoms with Crippen molar-refractivity contribution in [3.05, 3.63) is 63.6 Å². The molecule has 0 fully saturated rings. The zero-order chi connectivity index (χ0) is 15.2. The molecule has 0 heterocycles. The van der Waals surface area contributed by atoms with E-state index in [1.165, 1.54) is 12.1 Å². The average Bonchev–Trinajstić information content (AvgIpc) is 2.49. The molecule has 0 saturated heterocycles. The largest absolute Gasteiger partial charge is 0.489 e. The first-order valence-electron chi connectivity index (χ1n) is 6.66. The van der Waals surface area contributed by atoms with Crippen LogP contribution in [0.1, 0.15) is 18.1 Å². The SMILES string of the molecule is CCNCc1cccc(OCc2c(F)ccc(Br)c2F)c1. The van der Waals surface area contributed by atoms with Crippen molar-refractivity contribution in [1.29, 1.82) is 0 Å². The van der Waals surface area contributed by atoms with Gasteiger partial charge in [0.05, 0.1) is 10.0 Å². The second-order valence-corrected chi connectivity index (χ2v) is 5.39. The predicted molar refractivity (Wildman–Crippen MR) is 82.2 cm³/mol. The molecule has 0 aromatic heterocycles. The maximum absolute atomic E-state index is 13.8. The fourth-order valence-corrected chi connectivity index (χ4v) is 2.24. The van der Waals surface area contributed by atoms with Gasteiger partial charge in [-0.15, -0.1) is 0 Å². The lowest BCUT2D eigenvalue weighted by Crippen LogP contribution is -2.11. The highest BCUT2D eigenvalue weighted by Crippen LogP contribution is 2.23. The molecule has 5 heteroatoms. The Hall–Kier alpha value is -1.46. The monoisotopic (exact) mass is 355 g/mol. The van der Waals surface area contributed by atoms with Crippen molar-refractivity contribution >= 4 is 15.9 Å². The molecule has 1 N–H and O–H groups in total. The third-order valence-corrected chi connectivity index (χ3v) is 3.61. The van der Waals surface area contributed by atoms with Crippen LogP contribution in [0.3, 0.4) is 0 Å². The molecule has 0 spiro atoms. The van der Waals surface area contributed by atoms with E-state index in [1.54, 1.807) is 6.07 Å². The van der Waals surface area contributed by atoms with E-state index in [0.717, 1.165) is 18.7 Å². The maximum atomic E-state index is 13.8. The molecule has 0 amide bonds. The highest BCUT2D eigenvalue weighted by molar-refractivity contribution is 9.10. The van der Waals surface area contributed by atoms with Crippen molar-refractivity contribution in [3.8, 4) is 5.75 Å². The van der Waals surface area contributed by atoms with Gasteiger partial charge in [-0.05, 0) is 52.3 Å². The lowest BCUT2D eigenvalue weighted by molar-refractivity contribution is 0.292. The summed E-state index contributed by atoms with van der Waals surface area (Å²) in [6, 6.07) is 10.0. The molecule has 0 aliphatic rings. The lowest BCUT2D eigenvalue weighted by atomic mass is 10.2. The van der Waals surface area contributed by atoms with Crippen LogP contribution in [0, 0.1) is 11.6 Å². The summed E-state index contributed by atoms with van der Waals surface area (Å²) in [6.07, 6.45) is 0. The number of rotatable bonds is 6. The molecule has 0 saturated carbocycles. The Labute approximate surface area is 131 Å². The van der Waals surface area contributed by atoms with E-state index >= 15 is 0 Å². The first-order valence-corrected chi connectivity index (χ1v) is 7.46. The van der Waals surface area contributed by atoms with E-state index in [1.807, 2.05) is 25.1 Å². The van der Waals surface area contributed by atoms with Crippen molar-refractivity contribution in [2.45, 2.75) is 20.1 Å². The Morgan fingerprint density at radius 2 is 2.00 bits per heavy atom. The van der Waals surface area contributed by atoms with E-state index in [4.69, 9.17) is 4.74 Å². The first kappa shape index (κ1) is 15.9. The summed E-state index contributed by atoms with van der Waals surface area (Å²) < 4.78 is 33.2. The van der Waals surface area contributed by atoms with Gasteiger partial charge >= 0.3 is 0 Å². The van der Waals surface area contributed by atoms with Crippen molar-refractivity contribution < 1.29 is 13.5 Å². The smallest absolute Gasteiger partial charge is 0.146 e. The van der Waals surface area contributed by atoms with Gasteiger partial charge in [-0.3, -0.25) is 0 Å². The third kappa shape index (κ3) is 4.25. The molecule has 2 aromatic carbocycles. The van der Waals surface area contributed by atoms with Crippen molar-refractivity contribution in [2.75, 3.05) is 6.54 Å². The molecule has 0 bridgehead atoms. The van der Waals surface area contributed by atoms with Crippen LogP contribution in [0.5, 0.6) is 5.75 Å². The van der Waals surface area contributed by atoms with Gasteiger partial charge in [-0.2, -0.15) is 0 Å². The highest BCUT2D eigenvalue weighted by Gasteiger charge is 2.13. The minimum Gasteiger partial charge on any atom is -0.489 e. The molecule has 21 heavy (non-hydrogen) atoms. The molecule has 2 rings (SSSR count). The van der Waals surface area contributed by atoms with Crippen molar-refractivity contribution in [2.24, 2.45) is 0 Å². The standard InChI is InChI=1S/C16H16BrF2NO/c1-2-20-9-11-4-3-5-12(8-11)21-10-13-15(18)7-6-14(17)16(13)19/h3-8,20H,2,9-10H2,1H3. The van der Waals surface area contributed by atoms with Gasteiger partial charge in [0.2, 0.25) is 0 Å². The zero-order valence-corrected chi connectivity index (χ0v) is 13.2. The van der Waals surface area contributed by atoms with Gasteiger partial charge in [0.1, 0.15) is 24.0 Å². The number of ether oxygens (including phenoxy) is 1. The van der Waals surface area contributed by atoms with Crippen LogP contribution in [0.15, 0.2) is 40.9 Å². The summed E-state index contributed by atoms with van der Waals surface area (Å²) in [4.78, 5) is 0. The molecule has 112 valence electrons. The topological polar surface area (TPSA) is 21.3 Å². The van der Waals surface area contributed by atoms with Crippen LogP contribution in [0.25, 0.3) is 0 Å². The fourth-order valence-electron chi connectivity index (χ4n) is 1.87. The van der Waals surface area contributed by atoms with Gasteiger partial charge < -0.3 is 10.1 Å². The van der Waals surface area contributed by atoms with E-state index < -0.39 is 11.6 Å². The van der Waals surface area contributed by atoms with Crippen molar-refractivity contribution in [3.63, 3.8) is 0 Å². The second-order valence-electron chi connectivity index (χ2n) is 4.54. The molecule has 0 aliphatic heterocycles. The maximum Gasteiger partial charge on any atom is 0.146 e. The van der Waals surface area contributed by atoms with Gasteiger partial charge in [0, 0.05) is 6.54 Å². The van der Waals surface area contributed by atoms with Crippen LogP contribution < -0.4 is 10.1 Å². The minimum atomic E-state index is -0.626. The molecule has 2 nitrogen and oxygen atoms in total. The number of halogens is 3. The lowest BCUT2D eigenvalue weighted by Gasteiger charge is -2.10. The third-order valence-electron chi connectivity index (χ3n) is 3.00. The fraction of sp³-hybridized carbons (Fsp3) is 0.250. The molecule has 0 radical (unpaired) electrons. The molecule has 2 aromatic rings. The van der Waals surface area contributed by atoms with Gasteiger partial charge in [0.15, 0.2) is 0 Å². The average molecular weight is 356 g/mol. The summed E-state index contributed by atoms with van der Waals surface area (Å²) in [7, 11) is 0. The van der Waals surface area contributed by atoms with Crippen LogP contribution in [-0.2, 0) is 13.2 Å². The number of nitrogens with one attached hydrogen (secondary N) is 1. The Morgan fingerprint density at radius 3 is 2.76 bits per heavy atom. The first-order chi connectivity index (χ1) is 10.1. The van der Waals surface area contributed by atoms with Crippen molar-refractivity contribution in [1.82, 2.24) is 5.32 Å².